The van der Waals surface area contributed by atoms with Crippen molar-refractivity contribution >= 4 is 19.5 Å². The smallest absolute Gasteiger partial charge is 0.400 e. The van der Waals surface area contributed by atoms with E-state index in [4.69, 9.17) is 9.31 Å². The number of nitrogens with one attached hydrogen (secondary N) is 1. The second-order valence-corrected chi connectivity index (χ2v) is 6.60. The van der Waals surface area contributed by atoms with Crippen molar-refractivity contribution in [2.24, 2.45) is 0 Å². The Kier molecular flexibility index (Phi) is 5.03. The maximum Gasteiger partial charge on any atom is 0.491 e. The van der Waals surface area contributed by atoms with Gasteiger partial charge < -0.3 is 14.6 Å². The molecule has 1 aliphatic heterocycles. The summed E-state index contributed by atoms with van der Waals surface area (Å²) < 4.78 is 25.4. The van der Waals surface area contributed by atoms with Crippen LogP contribution < -0.4 is 5.32 Å². The second kappa shape index (κ2) is 6.51. The van der Waals surface area contributed by atoms with E-state index in [1.54, 1.807) is 6.08 Å². The first kappa shape index (κ1) is 17.8. The van der Waals surface area contributed by atoms with E-state index in [2.05, 4.69) is 10.3 Å². The predicted octanol–water partition coefficient (Wildman–Crippen LogP) is 2.27. The van der Waals surface area contributed by atoms with Crippen molar-refractivity contribution in [3.05, 3.63) is 34.8 Å². The predicted molar refractivity (Wildman–Crippen MR) is 87.6 cm³/mol. The lowest BCUT2D eigenvalue weighted by molar-refractivity contribution is 0.00578. The van der Waals surface area contributed by atoms with Crippen LogP contribution in [-0.4, -0.2) is 43.2 Å². The zero-order valence-electron chi connectivity index (χ0n) is 14.1. The molecule has 1 fully saturated rings. The van der Waals surface area contributed by atoms with Gasteiger partial charge in [0, 0.05) is 12.7 Å². The second-order valence-electron chi connectivity index (χ2n) is 6.60. The molecule has 0 amide bonds. The van der Waals surface area contributed by atoms with Crippen molar-refractivity contribution < 1.29 is 18.5 Å². The van der Waals surface area contributed by atoms with Gasteiger partial charge in [0.15, 0.2) is 6.29 Å². The molecule has 0 atom stereocenters. The molecule has 5 nitrogen and oxygen atoms in total. The molecule has 7 heteroatoms. The number of carbonyl (C=O) groups is 1. The maximum absolute atomic E-state index is 13.3. The van der Waals surface area contributed by atoms with E-state index in [0.717, 1.165) is 5.47 Å². The number of nitrogens with zero attached hydrogens (tertiary/aromatic N) is 1. The number of aldehydes is 1. The quantitative estimate of drug-likeness (QED) is 0.512. The molecule has 2 rings (SSSR count). The van der Waals surface area contributed by atoms with Gasteiger partial charge in [-0.25, -0.2) is 4.98 Å². The van der Waals surface area contributed by atoms with Gasteiger partial charge >= 0.3 is 7.12 Å². The third-order valence-corrected chi connectivity index (χ3v) is 4.30. The minimum Gasteiger partial charge on any atom is -0.400 e. The van der Waals surface area contributed by atoms with E-state index in [9.17, 15) is 9.18 Å². The summed E-state index contributed by atoms with van der Waals surface area (Å²) in [5.41, 5.74) is 0.500. The number of aromatic nitrogens is 1. The van der Waals surface area contributed by atoms with Crippen LogP contribution in [0.1, 0.15) is 43.6 Å². The average Bonchev–Trinajstić information content (AvgIpc) is 2.69. The topological polar surface area (TPSA) is 60.5 Å². The molecule has 0 aromatic carbocycles. The number of halogens is 1. The molecule has 23 heavy (non-hydrogen) atoms. The molecule has 0 bridgehead atoms. The fourth-order valence-electron chi connectivity index (χ4n) is 2.26. The summed E-state index contributed by atoms with van der Waals surface area (Å²) in [5.74, 6) is -0.775. The summed E-state index contributed by atoms with van der Waals surface area (Å²) in [7, 11) is 1.30. The van der Waals surface area contributed by atoms with Crippen molar-refractivity contribution in [1.29, 1.82) is 0 Å². The normalized spacial score (nSPS) is 19.9. The third-order valence-electron chi connectivity index (χ3n) is 4.30. The van der Waals surface area contributed by atoms with Crippen LogP contribution in [0, 0.1) is 5.95 Å². The van der Waals surface area contributed by atoms with Crippen LogP contribution in [0.15, 0.2) is 17.7 Å². The summed E-state index contributed by atoms with van der Waals surface area (Å²) in [4.78, 5) is 14.5. The SMILES string of the molecule is CNCC(=Cc1cnc(F)c(C=O)c1)B1OC(C)(C)C(C)(C)O1. The van der Waals surface area contributed by atoms with Gasteiger partial charge in [0.1, 0.15) is 0 Å². The number of rotatable bonds is 5. The zero-order chi connectivity index (χ0) is 17.3. The Bertz CT molecular complexity index is 616. The maximum atomic E-state index is 13.3. The Labute approximate surface area is 136 Å². The van der Waals surface area contributed by atoms with Crippen LogP contribution >= 0.6 is 0 Å². The largest absolute Gasteiger partial charge is 0.491 e. The van der Waals surface area contributed by atoms with Gasteiger partial charge in [-0.1, -0.05) is 6.08 Å². The Hall–Kier alpha value is -1.57. The highest BCUT2D eigenvalue weighted by Crippen LogP contribution is 2.38. The van der Waals surface area contributed by atoms with E-state index < -0.39 is 24.3 Å². The van der Waals surface area contributed by atoms with Crippen LogP contribution in [0.5, 0.6) is 0 Å². The van der Waals surface area contributed by atoms with Crippen LogP contribution in [0.4, 0.5) is 4.39 Å². The molecular weight excluding hydrogens is 298 g/mol. The Morgan fingerprint density at radius 3 is 2.48 bits per heavy atom. The first-order valence-electron chi connectivity index (χ1n) is 7.51. The van der Waals surface area contributed by atoms with Gasteiger partial charge in [0.25, 0.3) is 0 Å². The van der Waals surface area contributed by atoms with Crippen molar-refractivity contribution in [1.82, 2.24) is 10.3 Å². The molecule has 1 N–H and O–H groups in total. The summed E-state index contributed by atoms with van der Waals surface area (Å²) in [6, 6.07) is 1.45. The van der Waals surface area contributed by atoms with Crippen molar-refractivity contribution in [3.8, 4) is 0 Å². The van der Waals surface area contributed by atoms with Gasteiger partial charge in [-0.05, 0) is 51.8 Å². The highest BCUT2D eigenvalue weighted by Gasteiger charge is 2.52. The standard InChI is InChI=1S/C16H22BFN2O3/c1-15(2)16(3,4)23-17(22-15)13(9-19-5)7-11-6-12(10-21)14(18)20-8-11/h6-8,10,19H,9H2,1-5H3. The molecule has 1 aromatic rings. The molecule has 1 aromatic heterocycles. The molecule has 0 saturated carbocycles. The number of hydrogen-bond acceptors (Lipinski definition) is 5. The number of pyridine rings is 1. The lowest BCUT2D eigenvalue weighted by Gasteiger charge is -2.32. The summed E-state index contributed by atoms with van der Waals surface area (Å²) in [5, 5.41) is 3.07. The van der Waals surface area contributed by atoms with E-state index in [-0.39, 0.29) is 5.56 Å². The van der Waals surface area contributed by atoms with Crippen LogP contribution in [0.2, 0.25) is 0 Å². The van der Waals surface area contributed by atoms with Crippen molar-refractivity contribution in [3.63, 3.8) is 0 Å². The number of likely N-dealkylation sites (N-methyl/N-ethyl adjacent to an activating group) is 1. The fraction of sp³-hybridized carbons (Fsp3) is 0.500. The highest BCUT2D eigenvalue weighted by molar-refractivity contribution is 6.55. The monoisotopic (exact) mass is 320 g/mol. The van der Waals surface area contributed by atoms with E-state index in [0.29, 0.717) is 18.4 Å². The highest BCUT2D eigenvalue weighted by atomic mass is 19.1. The van der Waals surface area contributed by atoms with Gasteiger partial charge in [0.2, 0.25) is 5.95 Å². The zero-order valence-corrected chi connectivity index (χ0v) is 14.1. The minimum atomic E-state index is -0.775. The summed E-state index contributed by atoms with van der Waals surface area (Å²) in [6.07, 6.45) is 3.63. The number of carbonyl (C=O) groups excluding carboxylic acids is 1. The molecule has 0 aliphatic carbocycles. The number of hydrogen-bond donors (Lipinski definition) is 1. The molecule has 1 saturated heterocycles. The van der Waals surface area contributed by atoms with Gasteiger partial charge in [-0.15, -0.1) is 0 Å². The van der Waals surface area contributed by atoms with Crippen LogP contribution in [0.3, 0.4) is 0 Å². The molecule has 0 unspecified atom stereocenters. The molecule has 0 spiro atoms. The molecular formula is C16H22BFN2O3. The van der Waals surface area contributed by atoms with Gasteiger partial charge in [0.05, 0.1) is 16.8 Å². The van der Waals surface area contributed by atoms with Crippen LogP contribution in [0.25, 0.3) is 6.08 Å². The molecule has 0 radical (unpaired) electrons. The fourth-order valence-corrected chi connectivity index (χ4v) is 2.26. The Morgan fingerprint density at radius 2 is 1.96 bits per heavy atom. The lowest BCUT2D eigenvalue weighted by Crippen LogP contribution is -2.41. The lowest BCUT2D eigenvalue weighted by atomic mass is 9.77. The minimum absolute atomic E-state index is 0.0727. The Balaban J connectivity index is 2.34. The van der Waals surface area contributed by atoms with Crippen molar-refractivity contribution in [2.45, 2.75) is 38.9 Å². The molecule has 2 heterocycles. The molecule has 124 valence electrons. The van der Waals surface area contributed by atoms with Crippen LogP contribution in [-0.2, 0) is 9.31 Å². The van der Waals surface area contributed by atoms with Gasteiger partial charge in [-0.3, -0.25) is 4.79 Å². The first-order chi connectivity index (χ1) is 10.7. The summed E-state index contributed by atoms with van der Waals surface area (Å²) >= 11 is 0. The van der Waals surface area contributed by atoms with E-state index in [1.807, 2.05) is 34.7 Å². The molecule has 1 aliphatic rings. The Morgan fingerprint density at radius 1 is 1.35 bits per heavy atom. The average molecular weight is 320 g/mol. The van der Waals surface area contributed by atoms with Gasteiger partial charge in [-0.2, -0.15) is 4.39 Å². The van der Waals surface area contributed by atoms with Crippen molar-refractivity contribution in [2.75, 3.05) is 13.6 Å². The first-order valence-corrected chi connectivity index (χ1v) is 7.51. The third kappa shape index (κ3) is 3.68. The summed E-state index contributed by atoms with van der Waals surface area (Å²) in [6.45, 7) is 8.45. The van der Waals surface area contributed by atoms with E-state index >= 15 is 0 Å². The van der Waals surface area contributed by atoms with E-state index in [1.165, 1.54) is 12.3 Å².